The summed E-state index contributed by atoms with van der Waals surface area (Å²) in [6.07, 6.45) is 8.87. The Hall–Kier alpha value is -2.90. The Morgan fingerprint density at radius 1 is 1.35 bits per heavy atom. The van der Waals surface area contributed by atoms with Crippen LogP contribution in [0.3, 0.4) is 0 Å². The number of nitrogens with one attached hydrogen (secondary N) is 2. The van der Waals surface area contributed by atoms with E-state index in [4.69, 9.17) is 5.41 Å². The van der Waals surface area contributed by atoms with Crippen LogP contribution >= 0.6 is 0 Å². The molecule has 8 nitrogen and oxygen atoms in total. The van der Waals surface area contributed by atoms with Crippen molar-refractivity contribution in [2.45, 2.75) is 31.8 Å². The average Bonchev–Trinajstić information content (AvgIpc) is 3.31. The topological polar surface area (TPSA) is 93.4 Å². The van der Waals surface area contributed by atoms with E-state index < -0.39 is 0 Å². The van der Waals surface area contributed by atoms with E-state index in [9.17, 15) is 4.79 Å². The number of amides is 1. The summed E-state index contributed by atoms with van der Waals surface area (Å²) >= 11 is 0. The fraction of sp³-hybridized carbons (Fsp3) is 0.444. The fourth-order valence-electron chi connectivity index (χ4n) is 4.23. The molecule has 0 aliphatic carbocycles. The molecule has 2 unspecified atom stereocenters. The van der Waals surface area contributed by atoms with Crippen LogP contribution in [0.15, 0.2) is 29.6 Å². The predicted molar refractivity (Wildman–Crippen MR) is 99.2 cm³/mol. The van der Waals surface area contributed by atoms with E-state index in [2.05, 4.69) is 20.0 Å². The van der Waals surface area contributed by atoms with Crippen LogP contribution in [0.5, 0.6) is 0 Å². The van der Waals surface area contributed by atoms with Crippen LogP contribution in [0.4, 0.5) is 0 Å². The van der Waals surface area contributed by atoms with Gasteiger partial charge in [0.25, 0.3) is 0 Å². The largest absolute Gasteiger partial charge is 0.358 e. The third kappa shape index (κ3) is 2.81. The third-order valence-electron chi connectivity index (χ3n) is 5.29. The van der Waals surface area contributed by atoms with Gasteiger partial charge in [0.05, 0.1) is 11.9 Å². The predicted octanol–water partition coefficient (Wildman–Crippen LogP) is 1.46. The lowest BCUT2D eigenvalue weighted by molar-refractivity contribution is -0.133. The number of fused-ring (bicyclic) bond motifs is 2. The van der Waals surface area contributed by atoms with Gasteiger partial charge >= 0.3 is 0 Å². The van der Waals surface area contributed by atoms with E-state index in [-0.39, 0.29) is 18.0 Å². The van der Waals surface area contributed by atoms with E-state index in [1.807, 2.05) is 36.6 Å². The van der Waals surface area contributed by atoms with E-state index >= 15 is 0 Å². The second kappa shape index (κ2) is 6.44. The number of hydrogen-bond donors (Lipinski definition) is 2. The van der Waals surface area contributed by atoms with Crippen LogP contribution in [0.1, 0.15) is 25.5 Å². The zero-order valence-electron chi connectivity index (χ0n) is 15.0. The number of rotatable bonds is 3. The number of aromatic nitrogens is 3. The maximum atomic E-state index is 11.9. The number of carbonyl (C=O) groups excluding carboxylic acids is 1. The highest BCUT2D eigenvalue weighted by molar-refractivity contribution is 6.02. The van der Waals surface area contributed by atoms with E-state index in [1.54, 1.807) is 11.6 Å². The van der Waals surface area contributed by atoms with Crippen molar-refractivity contribution < 1.29 is 4.79 Å². The normalized spacial score (nSPS) is 22.8. The molecule has 2 aliphatic rings. The van der Waals surface area contributed by atoms with Gasteiger partial charge in [-0.15, -0.1) is 0 Å². The average molecular weight is 353 g/mol. The van der Waals surface area contributed by atoms with Gasteiger partial charge in [-0.25, -0.2) is 4.99 Å². The number of piperazine rings is 1. The Labute approximate surface area is 152 Å². The molecule has 136 valence electrons. The molecule has 8 heteroatoms. The quantitative estimate of drug-likeness (QED) is 0.646. The Kier molecular flexibility index (Phi) is 4.10. The first-order valence-electron chi connectivity index (χ1n) is 8.85. The first-order chi connectivity index (χ1) is 12.6. The molecule has 26 heavy (non-hydrogen) atoms. The third-order valence-corrected chi connectivity index (χ3v) is 5.29. The lowest BCUT2D eigenvalue weighted by Crippen LogP contribution is -2.56. The van der Waals surface area contributed by atoms with Crippen LogP contribution in [0.25, 0.3) is 11.1 Å². The zero-order chi connectivity index (χ0) is 18.3. The molecule has 2 saturated heterocycles. The molecule has 0 radical (unpaired) electrons. The SMILES string of the molecule is CC(=O)N1C2CCC1CN(C(=NC=N)c1cc(-c3cnn(C)c3)c[nH]1)C2. The van der Waals surface area contributed by atoms with Crippen LogP contribution < -0.4 is 0 Å². The van der Waals surface area contributed by atoms with Crippen LogP contribution in [-0.2, 0) is 11.8 Å². The van der Waals surface area contributed by atoms with Gasteiger partial charge in [0.1, 0.15) is 6.34 Å². The van der Waals surface area contributed by atoms with Crippen molar-refractivity contribution in [2.24, 2.45) is 12.0 Å². The first kappa shape index (κ1) is 16.6. The van der Waals surface area contributed by atoms with Gasteiger partial charge in [0, 0.05) is 62.7 Å². The highest BCUT2D eigenvalue weighted by Gasteiger charge is 2.42. The lowest BCUT2D eigenvalue weighted by atomic mass is 10.1. The number of carbonyl (C=O) groups is 1. The highest BCUT2D eigenvalue weighted by Crippen LogP contribution is 2.31. The maximum absolute atomic E-state index is 11.9. The fourth-order valence-corrected chi connectivity index (χ4v) is 4.23. The zero-order valence-corrected chi connectivity index (χ0v) is 15.0. The number of amidine groups is 1. The van der Waals surface area contributed by atoms with Crippen molar-refractivity contribution >= 4 is 18.1 Å². The minimum Gasteiger partial charge on any atom is -0.358 e. The van der Waals surface area contributed by atoms with Crippen LogP contribution in [0, 0.1) is 5.41 Å². The van der Waals surface area contributed by atoms with Crippen molar-refractivity contribution in [1.82, 2.24) is 24.6 Å². The summed E-state index contributed by atoms with van der Waals surface area (Å²) in [5, 5.41) is 11.7. The molecule has 4 rings (SSSR count). The number of aromatic amines is 1. The molecule has 1 amide bonds. The molecule has 2 aliphatic heterocycles. The first-order valence-corrected chi connectivity index (χ1v) is 8.85. The van der Waals surface area contributed by atoms with Gasteiger partial charge in [-0.05, 0) is 18.9 Å². The molecule has 2 atom stereocenters. The molecule has 2 aromatic rings. The van der Waals surface area contributed by atoms with Crippen molar-refractivity contribution in [3.05, 3.63) is 30.4 Å². The second-order valence-corrected chi connectivity index (χ2v) is 7.00. The molecule has 2 fully saturated rings. The Morgan fingerprint density at radius 2 is 2.08 bits per heavy atom. The molecule has 0 saturated carbocycles. The Bertz CT molecular complexity index is 851. The Balaban J connectivity index is 1.60. The molecule has 2 N–H and O–H groups in total. The Morgan fingerprint density at radius 3 is 2.65 bits per heavy atom. The summed E-state index contributed by atoms with van der Waals surface area (Å²) < 4.78 is 1.77. The van der Waals surface area contributed by atoms with Gasteiger partial charge in [0.15, 0.2) is 5.84 Å². The summed E-state index contributed by atoms with van der Waals surface area (Å²) in [4.78, 5) is 23.8. The second-order valence-electron chi connectivity index (χ2n) is 7.00. The van der Waals surface area contributed by atoms with Gasteiger partial charge in [-0.3, -0.25) is 14.9 Å². The summed E-state index contributed by atoms with van der Waals surface area (Å²) in [6, 6.07) is 2.50. The number of aliphatic imine (C=N–C) groups is 1. The molecular weight excluding hydrogens is 330 g/mol. The van der Waals surface area contributed by atoms with Crippen LogP contribution in [0.2, 0.25) is 0 Å². The minimum atomic E-state index is 0.154. The highest BCUT2D eigenvalue weighted by atomic mass is 16.2. The van der Waals surface area contributed by atoms with Crippen molar-refractivity contribution in [2.75, 3.05) is 13.1 Å². The lowest BCUT2D eigenvalue weighted by Gasteiger charge is -2.41. The van der Waals surface area contributed by atoms with E-state index in [0.717, 1.165) is 54.9 Å². The summed E-state index contributed by atoms with van der Waals surface area (Å²) in [5.74, 6) is 0.914. The number of aryl methyl sites for hydroxylation is 1. The summed E-state index contributed by atoms with van der Waals surface area (Å²) in [6.45, 7) is 3.16. The van der Waals surface area contributed by atoms with Crippen molar-refractivity contribution in [3.63, 3.8) is 0 Å². The van der Waals surface area contributed by atoms with Gasteiger partial charge in [-0.1, -0.05) is 0 Å². The van der Waals surface area contributed by atoms with Gasteiger partial charge in [-0.2, -0.15) is 5.10 Å². The molecule has 0 spiro atoms. The standard InChI is InChI=1S/C18H23N7O/c1-12(26)25-15-3-4-16(25)10-24(9-15)18(21-11-19)17-5-13(6-20-17)14-7-22-23(2)8-14/h5-8,11,15-16,19-20H,3-4,9-10H2,1-2H3. The number of H-pyrrole nitrogens is 1. The number of likely N-dealkylation sites (tertiary alicyclic amines) is 1. The molecule has 2 bridgehead atoms. The number of nitrogens with zero attached hydrogens (tertiary/aromatic N) is 5. The molecular formula is C18H23N7O. The summed E-state index contributed by atoms with van der Waals surface area (Å²) in [5.41, 5.74) is 2.95. The molecule has 2 aromatic heterocycles. The molecule has 0 aromatic carbocycles. The smallest absolute Gasteiger partial charge is 0.220 e. The van der Waals surface area contributed by atoms with Crippen molar-refractivity contribution in [3.8, 4) is 11.1 Å². The minimum absolute atomic E-state index is 0.154. The van der Waals surface area contributed by atoms with E-state index in [1.165, 1.54) is 0 Å². The molecule has 4 heterocycles. The van der Waals surface area contributed by atoms with Crippen LogP contribution in [-0.4, -0.2) is 67.8 Å². The van der Waals surface area contributed by atoms with E-state index in [0.29, 0.717) is 0 Å². The van der Waals surface area contributed by atoms with Gasteiger partial charge < -0.3 is 14.8 Å². The van der Waals surface area contributed by atoms with Gasteiger partial charge in [0.2, 0.25) is 5.91 Å². The summed E-state index contributed by atoms with van der Waals surface area (Å²) in [7, 11) is 1.89. The monoisotopic (exact) mass is 353 g/mol. The maximum Gasteiger partial charge on any atom is 0.220 e. The number of hydrogen-bond acceptors (Lipinski definition) is 3. The van der Waals surface area contributed by atoms with Crippen molar-refractivity contribution in [1.29, 1.82) is 5.41 Å².